The van der Waals surface area contributed by atoms with E-state index in [9.17, 15) is 0 Å². The Morgan fingerprint density at radius 1 is 1.25 bits per heavy atom. The molecule has 1 rings (SSSR count). The first kappa shape index (κ1) is 10.2. The van der Waals surface area contributed by atoms with E-state index in [0.717, 1.165) is 11.0 Å². The third kappa shape index (κ3) is 3.25. The van der Waals surface area contributed by atoms with Gasteiger partial charge in [-0.25, -0.2) is 0 Å². The van der Waals surface area contributed by atoms with Crippen LogP contribution >= 0.6 is 15.9 Å². The first-order valence-electron chi connectivity index (χ1n) is 4.50. The second-order valence-electron chi connectivity index (χ2n) is 3.23. The molecule has 12 heavy (non-hydrogen) atoms. The van der Waals surface area contributed by atoms with Crippen LogP contribution in [0.3, 0.4) is 0 Å². The van der Waals surface area contributed by atoms with Gasteiger partial charge >= 0.3 is 0 Å². The first-order valence-corrected chi connectivity index (χ1v) is 5.29. The van der Waals surface area contributed by atoms with Crippen molar-refractivity contribution in [2.45, 2.75) is 6.92 Å². The number of rotatable bonds is 3. The average molecular weight is 233 g/mol. The Morgan fingerprint density at radius 3 is 2.17 bits per heavy atom. The summed E-state index contributed by atoms with van der Waals surface area (Å²) in [7, 11) is 0. The van der Waals surface area contributed by atoms with Gasteiger partial charge < -0.3 is 4.90 Å². The van der Waals surface area contributed by atoms with Gasteiger partial charge in [-0.2, -0.15) is 0 Å². The number of halogens is 1. The normalized spacial score (nSPS) is 21.2. The Bertz CT molecular complexity index is 151. The molecule has 0 atom stereocenters. The van der Waals surface area contributed by atoms with Crippen molar-refractivity contribution in [1.29, 1.82) is 0 Å². The van der Waals surface area contributed by atoms with Crippen LogP contribution < -0.4 is 0 Å². The minimum absolute atomic E-state index is 0.998. The van der Waals surface area contributed by atoms with Crippen LogP contribution in [0, 0.1) is 0 Å². The largest absolute Gasteiger partial charge is 0.301 e. The zero-order valence-corrected chi connectivity index (χ0v) is 9.31. The molecule has 0 saturated carbocycles. The van der Waals surface area contributed by atoms with Crippen LogP contribution in [0.2, 0.25) is 0 Å². The van der Waals surface area contributed by atoms with Crippen molar-refractivity contribution in [1.82, 2.24) is 9.80 Å². The summed E-state index contributed by atoms with van der Waals surface area (Å²) < 4.78 is 1.09. The quantitative estimate of drug-likeness (QED) is 0.729. The second kappa shape index (κ2) is 5.00. The van der Waals surface area contributed by atoms with E-state index in [2.05, 4.69) is 39.2 Å². The lowest BCUT2D eigenvalue weighted by molar-refractivity contribution is 0.147. The summed E-state index contributed by atoms with van der Waals surface area (Å²) in [4.78, 5) is 4.91. The van der Waals surface area contributed by atoms with E-state index in [1.165, 1.54) is 32.7 Å². The van der Waals surface area contributed by atoms with Crippen LogP contribution in [0.1, 0.15) is 6.92 Å². The Morgan fingerprint density at radius 2 is 1.75 bits per heavy atom. The molecule has 0 aromatic rings. The zero-order valence-electron chi connectivity index (χ0n) is 7.72. The molecule has 0 spiro atoms. The molecule has 0 aromatic heterocycles. The standard InChI is InChI=1S/C9H17BrN2/c1-3-11-4-6-12(7-5-11)8-9(2)10/h2-8H2,1H3. The molecule has 0 radical (unpaired) electrons. The number of likely N-dealkylation sites (N-methyl/N-ethyl adjacent to an activating group) is 1. The molecule has 0 bridgehead atoms. The zero-order chi connectivity index (χ0) is 8.97. The molecule has 1 aliphatic rings. The van der Waals surface area contributed by atoms with Gasteiger partial charge in [0.25, 0.3) is 0 Å². The minimum atomic E-state index is 0.998. The van der Waals surface area contributed by atoms with E-state index in [-0.39, 0.29) is 0 Å². The monoisotopic (exact) mass is 232 g/mol. The summed E-state index contributed by atoms with van der Waals surface area (Å²) in [5.41, 5.74) is 0. The van der Waals surface area contributed by atoms with Gasteiger partial charge in [0.2, 0.25) is 0 Å². The predicted octanol–water partition coefficient (Wildman–Crippen LogP) is 1.53. The number of nitrogens with zero attached hydrogens (tertiary/aromatic N) is 2. The fourth-order valence-electron chi connectivity index (χ4n) is 1.51. The average Bonchev–Trinajstić information content (AvgIpc) is 2.05. The van der Waals surface area contributed by atoms with Crippen molar-refractivity contribution in [2.75, 3.05) is 39.3 Å². The molecule has 3 heteroatoms. The van der Waals surface area contributed by atoms with Gasteiger partial charge in [0.1, 0.15) is 0 Å². The molecule has 1 aliphatic heterocycles. The Labute approximate surface area is 83.4 Å². The van der Waals surface area contributed by atoms with Crippen LogP contribution in [0.15, 0.2) is 11.1 Å². The molecule has 0 amide bonds. The molecule has 1 fully saturated rings. The molecule has 2 nitrogen and oxygen atoms in total. The molecule has 0 unspecified atom stereocenters. The minimum Gasteiger partial charge on any atom is -0.301 e. The maximum Gasteiger partial charge on any atom is 0.0294 e. The molecule has 1 heterocycles. The van der Waals surface area contributed by atoms with Crippen molar-refractivity contribution in [2.24, 2.45) is 0 Å². The van der Waals surface area contributed by atoms with Crippen LogP contribution in [0.25, 0.3) is 0 Å². The van der Waals surface area contributed by atoms with Crippen molar-refractivity contribution >= 4 is 15.9 Å². The van der Waals surface area contributed by atoms with E-state index in [4.69, 9.17) is 0 Å². The third-order valence-electron chi connectivity index (χ3n) is 2.31. The van der Waals surface area contributed by atoms with Gasteiger partial charge in [0.15, 0.2) is 0 Å². The summed E-state index contributed by atoms with van der Waals surface area (Å²) >= 11 is 3.39. The van der Waals surface area contributed by atoms with Crippen molar-refractivity contribution < 1.29 is 0 Å². The molecule has 1 saturated heterocycles. The van der Waals surface area contributed by atoms with Gasteiger partial charge in [-0.05, 0) is 6.54 Å². The molecular weight excluding hydrogens is 216 g/mol. The highest BCUT2D eigenvalue weighted by Gasteiger charge is 2.14. The van der Waals surface area contributed by atoms with E-state index in [0.29, 0.717) is 0 Å². The number of piperazine rings is 1. The lowest BCUT2D eigenvalue weighted by Gasteiger charge is -2.33. The van der Waals surface area contributed by atoms with Gasteiger partial charge in [-0.1, -0.05) is 29.4 Å². The maximum atomic E-state index is 3.85. The molecule has 0 aromatic carbocycles. The summed E-state index contributed by atoms with van der Waals surface area (Å²) in [5, 5.41) is 0. The topological polar surface area (TPSA) is 6.48 Å². The van der Waals surface area contributed by atoms with Crippen LogP contribution in [-0.4, -0.2) is 49.1 Å². The smallest absolute Gasteiger partial charge is 0.0294 e. The fourth-order valence-corrected chi connectivity index (χ4v) is 1.86. The van der Waals surface area contributed by atoms with Crippen molar-refractivity contribution in [3.05, 3.63) is 11.1 Å². The molecule has 70 valence electrons. The van der Waals surface area contributed by atoms with E-state index >= 15 is 0 Å². The first-order chi connectivity index (χ1) is 5.72. The molecule has 0 aliphatic carbocycles. The van der Waals surface area contributed by atoms with Gasteiger partial charge in [0, 0.05) is 37.2 Å². The summed E-state index contributed by atoms with van der Waals surface area (Å²) in [6.45, 7) is 13.0. The summed E-state index contributed by atoms with van der Waals surface area (Å²) in [5.74, 6) is 0. The molecule has 0 N–H and O–H groups in total. The second-order valence-corrected chi connectivity index (χ2v) is 4.35. The number of hydrogen-bond donors (Lipinski definition) is 0. The SMILES string of the molecule is C=C(Br)CN1CCN(CC)CC1. The number of hydrogen-bond acceptors (Lipinski definition) is 2. The Kier molecular flexibility index (Phi) is 4.26. The lowest BCUT2D eigenvalue weighted by Crippen LogP contribution is -2.46. The van der Waals surface area contributed by atoms with E-state index < -0.39 is 0 Å². The summed E-state index contributed by atoms with van der Waals surface area (Å²) in [6.07, 6.45) is 0. The van der Waals surface area contributed by atoms with E-state index in [1.54, 1.807) is 0 Å². The van der Waals surface area contributed by atoms with Crippen molar-refractivity contribution in [3.63, 3.8) is 0 Å². The predicted molar refractivity (Wildman–Crippen MR) is 56.6 cm³/mol. The fraction of sp³-hybridized carbons (Fsp3) is 0.778. The van der Waals surface area contributed by atoms with Gasteiger partial charge in [-0.15, -0.1) is 0 Å². The highest BCUT2D eigenvalue weighted by molar-refractivity contribution is 9.11. The van der Waals surface area contributed by atoms with Gasteiger partial charge in [-0.3, -0.25) is 4.90 Å². The lowest BCUT2D eigenvalue weighted by atomic mass is 10.3. The highest BCUT2D eigenvalue weighted by atomic mass is 79.9. The van der Waals surface area contributed by atoms with Crippen LogP contribution in [-0.2, 0) is 0 Å². The van der Waals surface area contributed by atoms with Crippen molar-refractivity contribution in [3.8, 4) is 0 Å². The van der Waals surface area contributed by atoms with Crippen LogP contribution in [0.5, 0.6) is 0 Å². The highest BCUT2D eigenvalue weighted by Crippen LogP contribution is 2.07. The van der Waals surface area contributed by atoms with Gasteiger partial charge in [0.05, 0.1) is 0 Å². The Hall–Kier alpha value is 0.140. The molecular formula is C9H17BrN2. The summed E-state index contributed by atoms with van der Waals surface area (Å²) in [6, 6.07) is 0. The third-order valence-corrected chi connectivity index (χ3v) is 2.56. The van der Waals surface area contributed by atoms with E-state index in [1.807, 2.05) is 0 Å². The van der Waals surface area contributed by atoms with Crippen LogP contribution in [0.4, 0.5) is 0 Å². The maximum absolute atomic E-state index is 3.85. The Balaban J connectivity index is 2.21.